The first-order valence-corrected chi connectivity index (χ1v) is 10.4. The Morgan fingerprint density at radius 1 is 1.35 bits per heavy atom. The van der Waals surface area contributed by atoms with E-state index in [9.17, 15) is 21.6 Å². The Labute approximate surface area is 162 Å². The zero-order valence-electron chi connectivity index (χ0n) is 13.6. The Morgan fingerprint density at radius 2 is 2.00 bits per heavy atom. The van der Waals surface area contributed by atoms with E-state index in [1.54, 1.807) is 41.6 Å². The van der Waals surface area contributed by atoms with Gasteiger partial charge in [-0.3, -0.25) is 0 Å². The highest BCUT2D eigenvalue weighted by Gasteiger charge is 2.35. The SMILES string of the molecule is C=N/C(=N\C1=C(C)NCC(C(F)(F)F)=C1)c1ccccc1S(=O)(=O)CI. The molecule has 5 nitrogen and oxygen atoms in total. The maximum atomic E-state index is 13.0. The summed E-state index contributed by atoms with van der Waals surface area (Å²) in [4.78, 5) is 7.88. The van der Waals surface area contributed by atoms with E-state index in [4.69, 9.17) is 0 Å². The summed E-state index contributed by atoms with van der Waals surface area (Å²) in [7, 11) is -3.58. The summed E-state index contributed by atoms with van der Waals surface area (Å²) < 4.78 is 63.3. The number of nitrogens with one attached hydrogen (secondary N) is 1. The highest BCUT2D eigenvalue weighted by molar-refractivity contribution is 14.1. The number of halogens is 4. The number of dihydropyridines is 1. The summed E-state index contributed by atoms with van der Waals surface area (Å²) >= 11 is 1.73. The second kappa shape index (κ2) is 7.91. The van der Waals surface area contributed by atoms with Crippen LogP contribution in [0.5, 0.6) is 0 Å². The van der Waals surface area contributed by atoms with Crippen LogP contribution in [0.15, 0.2) is 62.2 Å². The molecular weight excluding hydrogens is 482 g/mol. The number of sulfone groups is 1. The van der Waals surface area contributed by atoms with Crippen LogP contribution < -0.4 is 5.32 Å². The molecule has 0 aliphatic carbocycles. The number of alkyl halides is 4. The van der Waals surface area contributed by atoms with Gasteiger partial charge in [0, 0.05) is 17.8 Å². The van der Waals surface area contributed by atoms with Gasteiger partial charge in [-0.25, -0.2) is 18.4 Å². The van der Waals surface area contributed by atoms with E-state index in [1.165, 1.54) is 12.1 Å². The predicted octanol–water partition coefficient (Wildman–Crippen LogP) is 3.62. The van der Waals surface area contributed by atoms with Crippen LogP contribution in [0.4, 0.5) is 13.2 Å². The van der Waals surface area contributed by atoms with Crippen molar-refractivity contribution in [2.24, 2.45) is 9.98 Å². The zero-order valence-corrected chi connectivity index (χ0v) is 16.6. The first kappa shape index (κ1) is 20.6. The fourth-order valence-corrected chi connectivity index (χ4v) is 4.12. The number of hydrogen-bond acceptors (Lipinski definition) is 4. The molecule has 0 amide bonds. The second-order valence-corrected chi connectivity index (χ2v) is 9.10. The van der Waals surface area contributed by atoms with E-state index >= 15 is 0 Å². The van der Waals surface area contributed by atoms with Crippen molar-refractivity contribution in [1.29, 1.82) is 0 Å². The van der Waals surface area contributed by atoms with E-state index < -0.39 is 21.6 Å². The van der Waals surface area contributed by atoms with Crippen molar-refractivity contribution in [2.75, 3.05) is 10.3 Å². The molecule has 2 rings (SSSR count). The zero-order chi connectivity index (χ0) is 19.5. The van der Waals surface area contributed by atoms with E-state index in [0.29, 0.717) is 5.70 Å². The van der Waals surface area contributed by atoms with Gasteiger partial charge in [0.1, 0.15) is 3.76 Å². The van der Waals surface area contributed by atoms with Crippen molar-refractivity contribution >= 4 is 45.0 Å². The average Bonchev–Trinajstić information content (AvgIpc) is 2.60. The molecule has 0 saturated carbocycles. The van der Waals surface area contributed by atoms with Crippen molar-refractivity contribution < 1.29 is 21.6 Å². The lowest BCUT2D eigenvalue weighted by Crippen LogP contribution is -2.28. The molecule has 1 heterocycles. The van der Waals surface area contributed by atoms with Crippen LogP contribution in [-0.4, -0.2) is 37.5 Å². The van der Waals surface area contributed by atoms with Gasteiger partial charge in [0.2, 0.25) is 0 Å². The molecule has 0 saturated heterocycles. The van der Waals surface area contributed by atoms with E-state index in [2.05, 4.69) is 22.0 Å². The molecule has 1 aliphatic heterocycles. The molecule has 0 spiro atoms. The summed E-state index contributed by atoms with van der Waals surface area (Å²) in [5, 5.41) is 2.63. The molecule has 0 unspecified atom stereocenters. The highest BCUT2D eigenvalue weighted by atomic mass is 127. The molecular formula is C16H15F3IN3O2S. The van der Waals surface area contributed by atoms with Gasteiger partial charge in [0.15, 0.2) is 15.7 Å². The molecule has 1 N–H and O–H groups in total. The number of nitrogens with zero attached hydrogens (tertiary/aromatic N) is 2. The van der Waals surface area contributed by atoms with Crippen molar-refractivity contribution in [3.05, 3.63) is 52.9 Å². The van der Waals surface area contributed by atoms with E-state index in [0.717, 1.165) is 6.08 Å². The molecule has 0 bridgehead atoms. The highest BCUT2D eigenvalue weighted by Crippen LogP contribution is 2.30. The lowest BCUT2D eigenvalue weighted by Gasteiger charge is -2.20. The molecule has 0 radical (unpaired) electrons. The number of hydrogen-bond donors (Lipinski definition) is 1. The van der Waals surface area contributed by atoms with Gasteiger partial charge in [0.05, 0.1) is 16.2 Å². The van der Waals surface area contributed by atoms with Crippen LogP contribution in [0.25, 0.3) is 0 Å². The fraction of sp³-hybridized carbons (Fsp3) is 0.250. The quantitative estimate of drug-likeness (QED) is 0.299. The minimum atomic E-state index is -4.49. The fourth-order valence-electron chi connectivity index (χ4n) is 2.22. The monoisotopic (exact) mass is 497 g/mol. The third-order valence-corrected chi connectivity index (χ3v) is 7.36. The third kappa shape index (κ3) is 4.53. The normalized spacial score (nSPS) is 16.2. The van der Waals surface area contributed by atoms with Gasteiger partial charge in [-0.05, 0) is 31.9 Å². The predicted molar refractivity (Wildman–Crippen MR) is 103 cm³/mol. The van der Waals surface area contributed by atoms with Crippen molar-refractivity contribution in [2.45, 2.75) is 18.0 Å². The minimum Gasteiger partial charge on any atom is -0.383 e. The number of aliphatic imine (C=N–C) groups is 2. The number of benzene rings is 1. The number of rotatable bonds is 4. The Morgan fingerprint density at radius 3 is 2.58 bits per heavy atom. The summed E-state index contributed by atoms with van der Waals surface area (Å²) in [5.74, 6) is -0.0650. The topological polar surface area (TPSA) is 70.9 Å². The van der Waals surface area contributed by atoms with Gasteiger partial charge >= 0.3 is 6.18 Å². The Hall–Kier alpha value is -1.69. The molecule has 1 aliphatic rings. The maximum Gasteiger partial charge on any atom is 0.414 e. The molecule has 26 heavy (non-hydrogen) atoms. The van der Waals surface area contributed by atoms with Crippen LogP contribution in [0.1, 0.15) is 12.5 Å². The van der Waals surface area contributed by atoms with Crippen LogP contribution in [0, 0.1) is 0 Å². The van der Waals surface area contributed by atoms with E-state index in [-0.39, 0.29) is 32.3 Å². The van der Waals surface area contributed by atoms with Crippen LogP contribution in [0.2, 0.25) is 0 Å². The largest absolute Gasteiger partial charge is 0.414 e. The standard InChI is InChI=1S/C16H15F3IN3O2S/c1-10-13(7-11(8-22-10)16(17,18)19)23-15(21-2)12-5-3-4-6-14(12)26(24,25)9-20/h3-7,22H,2,8-9H2,1H3/b23-15-. The Bertz CT molecular complexity index is 919. The average molecular weight is 497 g/mol. The van der Waals surface area contributed by atoms with Gasteiger partial charge in [-0.2, -0.15) is 13.2 Å². The molecule has 140 valence electrons. The molecule has 1 aromatic carbocycles. The van der Waals surface area contributed by atoms with Crippen molar-refractivity contribution in [1.82, 2.24) is 5.32 Å². The third-order valence-electron chi connectivity index (χ3n) is 3.59. The maximum absolute atomic E-state index is 13.0. The Kier molecular flexibility index (Phi) is 6.27. The molecule has 0 fully saturated rings. The lowest BCUT2D eigenvalue weighted by atomic mass is 10.1. The lowest BCUT2D eigenvalue weighted by molar-refractivity contribution is -0.0930. The van der Waals surface area contributed by atoms with Crippen LogP contribution in [-0.2, 0) is 9.84 Å². The number of amidine groups is 1. The van der Waals surface area contributed by atoms with E-state index in [1.807, 2.05) is 0 Å². The molecule has 1 aromatic rings. The molecule has 0 aromatic heterocycles. The summed E-state index contributed by atoms with van der Waals surface area (Å²) in [6, 6.07) is 6.05. The second-order valence-electron chi connectivity index (χ2n) is 5.34. The summed E-state index contributed by atoms with van der Waals surface area (Å²) in [6.45, 7) is 4.61. The van der Waals surface area contributed by atoms with Gasteiger partial charge in [0.25, 0.3) is 0 Å². The van der Waals surface area contributed by atoms with Gasteiger partial charge in [-0.1, -0.05) is 34.7 Å². The first-order valence-electron chi connectivity index (χ1n) is 7.26. The summed E-state index contributed by atoms with van der Waals surface area (Å²) in [6.07, 6.45) is -3.56. The molecule has 10 heteroatoms. The van der Waals surface area contributed by atoms with Gasteiger partial charge in [-0.15, -0.1) is 0 Å². The number of allylic oxidation sites excluding steroid dienone is 2. The summed E-state index contributed by atoms with van der Waals surface area (Å²) in [5.41, 5.74) is -0.147. The van der Waals surface area contributed by atoms with Crippen LogP contribution in [0.3, 0.4) is 0 Å². The van der Waals surface area contributed by atoms with Gasteiger partial charge < -0.3 is 5.32 Å². The van der Waals surface area contributed by atoms with Crippen LogP contribution >= 0.6 is 22.6 Å². The molecule has 0 atom stereocenters. The minimum absolute atomic E-state index is 0.00240. The smallest absolute Gasteiger partial charge is 0.383 e. The first-order chi connectivity index (χ1) is 12.1. The van der Waals surface area contributed by atoms with Crippen molar-refractivity contribution in [3.8, 4) is 0 Å². The van der Waals surface area contributed by atoms with Crippen molar-refractivity contribution in [3.63, 3.8) is 0 Å². The Balaban J connectivity index is 2.60.